The van der Waals surface area contributed by atoms with Crippen molar-refractivity contribution < 1.29 is 28.3 Å². The second kappa shape index (κ2) is 10.5. The van der Waals surface area contributed by atoms with Crippen molar-refractivity contribution >= 4 is 40.3 Å². The zero-order valence-corrected chi connectivity index (χ0v) is 20.7. The Morgan fingerprint density at radius 1 is 1.05 bits per heavy atom. The van der Waals surface area contributed by atoms with Crippen LogP contribution in [0.1, 0.15) is 11.1 Å². The van der Waals surface area contributed by atoms with Gasteiger partial charge in [-0.3, -0.25) is 14.9 Å². The van der Waals surface area contributed by atoms with E-state index >= 15 is 0 Å². The van der Waals surface area contributed by atoms with Crippen molar-refractivity contribution in [3.8, 4) is 28.6 Å². The molecule has 0 amide bonds. The summed E-state index contributed by atoms with van der Waals surface area (Å²) in [5.74, 6) is -0.419. The highest BCUT2D eigenvalue weighted by atomic mass is 35.5. The predicted octanol–water partition coefficient (Wildman–Crippen LogP) is 5.97. The van der Waals surface area contributed by atoms with E-state index in [2.05, 4.69) is 0 Å². The number of carbonyl (C=O) groups is 1. The zero-order valence-electron chi connectivity index (χ0n) is 19.9. The number of hydrogen-bond donors (Lipinski definition) is 0. The van der Waals surface area contributed by atoms with Crippen LogP contribution in [0.2, 0.25) is 5.02 Å². The summed E-state index contributed by atoms with van der Waals surface area (Å²) in [6.07, 6.45) is 2.40. The molecule has 0 aliphatic rings. The third-order valence-electron chi connectivity index (χ3n) is 5.47. The summed E-state index contributed by atoms with van der Waals surface area (Å²) in [7, 11) is 2.95. The maximum absolute atomic E-state index is 13.4. The number of aryl methyl sites for hydroxylation is 1. The first-order valence-corrected chi connectivity index (χ1v) is 11.2. The molecule has 0 radical (unpaired) electrons. The summed E-state index contributed by atoms with van der Waals surface area (Å²) in [5, 5.41) is 11.5. The number of halogens is 1. The summed E-state index contributed by atoms with van der Waals surface area (Å²) < 4.78 is 22.1. The molecule has 4 aromatic rings. The molecule has 9 nitrogen and oxygen atoms in total. The Balaban J connectivity index is 1.81. The Hall–Kier alpha value is -4.63. The lowest BCUT2D eigenvalue weighted by molar-refractivity contribution is -0.384. The van der Waals surface area contributed by atoms with E-state index in [0.717, 1.165) is 6.08 Å². The number of carbonyl (C=O) groups excluding carboxylic acids is 1. The topological polar surface area (TPSA) is 118 Å². The van der Waals surface area contributed by atoms with E-state index in [4.69, 9.17) is 30.2 Å². The Kier molecular flexibility index (Phi) is 7.26. The van der Waals surface area contributed by atoms with E-state index in [0.29, 0.717) is 33.2 Å². The van der Waals surface area contributed by atoms with Crippen LogP contribution in [0.4, 0.5) is 5.69 Å². The number of benzene rings is 3. The Bertz CT molecular complexity index is 1620. The van der Waals surface area contributed by atoms with Gasteiger partial charge >= 0.3 is 5.97 Å². The van der Waals surface area contributed by atoms with Crippen molar-refractivity contribution in [3.63, 3.8) is 0 Å². The van der Waals surface area contributed by atoms with Crippen LogP contribution < -0.4 is 19.6 Å². The summed E-state index contributed by atoms with van der Waals surface area (Å²) >= 11 is 6.22. The first-order valence-electron chi connectivity index (χ1n) is 10.9. The molecule has 0 fully saturated rings. The number of fused-ring (bicyclic) bond motifs is 1. The second-order valence-electron chi connectivity index (χ2n) is 7.86. The van der Waals surface area contributed by atoms with E-state index < -0.39 is 16.3 Å². The number of hydrogen-bond acceptors (Lipinski definition) is 8. The van der Waals surface area contributed by atoms with Crippen molar-refractivity contribution in [2.45, 2.75) is 6.92 Å². The van der Waals surface area contributed by atoms with Gasteiger partial charge in [0.1, 0.15) is 5.58 Å². The molecule has 0 bridgehead atoms. The van der Waals surface area contributed by atoms with E-state index in [1.807, 2.05) is 0 Å². The number of methoxy groups -OCH3 is 2. The largest absolute Gasteiger partial charge is 0.493 e. The van der Waals surface area contributed by atoms with E-state index in [1.165, 1.54) is 44.6 Å². The average Bonchev–Trinajstić information content (AvgIpc) is 2.90. The molecular weight excluding hydrogens is 502 g/mol. The molecule has 0 atom stereocenters. The predicted molar refractivity (Wildman–Crippen MR) is 139 cm³/mol. The molecule has 0 saturated carbocycles. The molecular formula is C27H20ClNO8. The van der Waals surface area contributed by atoms with Gasteiger partial charge < -0.3 is 18.6 Å². The van der Waals surface area contributed by atoms with E-state index in [9.17, 15) is 19.7 Å². The molecule has 0 spiro atoms. The van der Waals surface area contributed by atoms with E-state index in [-0.39, 0.29) is 28.2 Å². The summed E-state index contributed by atoms with van der Waals surface area (Å²) in [6.45, 7) is 1.77. The Labute approximate surface area is 215 Å². The summed E-state index contributed by atoms with van der Waals surface area (Å²) in [5.41, 5.74) is 1.01. The highest BCUT2D eigenvalue weighted by Gasteiger charge is 2.22. The minimum atomic E-state index is -0.891. The zero-order chi connectivity index (χ0) is 26.7. The summed E-state index contributed by atoms with van der Waals surface area (Å²) in [6, 6.07) is 13.6. The fourth-order valence-corrected chi connectivity index (χ4v) is 3.76. The number of nitro benzene ring substituents is 1. The Morgan fingerprint density at radius 3 is 2.51 bits per heavy atom. The molecule has 4 rings (SSSR count). The smallest absolute Gasteiger partial charge is 0.336 e. The average molecular weight is 522 g/mol. The molecule has 1 aromatic heterocycles. The normalized spacial score (nSPS) is 11.0. The number of rotatable bonds is 7. The van der Waals surface area contributed by atoms with Crippen molar-refractivity contribution in [1.29, 1.82) is 0 Å². The number of nitrogens with zero attached hydrogens (tertiary/aromatic N) is 1. The third-order valence-corrected chi connectivity index (χ3v) is 5.88. The monoisotopic (exact) mass is 521 g/mol. The lowest BCUT2D eigenvalue weighted by atomic mass is 10.1. The third kappa shape index (κ3) is 5.31. The van der Waals surface area contributed by atoms with Crippen LogP contribution in [-0.2, 0) is 4.79 Å². The van der Waals surface area contributed by atoms with Crippen molar-refractivity contribution in [2.24, 2.45) is 0 Å². The molecule has 3 aromatic carbocycles. The van der Waals surface area contributed by atoms with Gasteiger partial charge in [-0.2, -0.15) is 0 Å². The number of non-ortho nitro benzene ring substituents is 1. The van der Waals surface area contributed by atoms with Gasteiger partial charge in [-0.15, -0.1) is 0 Å². The lowest BCUT2D eigenvalue weighted by Gasteiger charge is -2.13. The molecule has 0 N–H and O–H groups in total. The van der Waals surface area contributed by atoms with Crippen LogP contribution in [0.15, 0.2) is 69.9 Å². The van der Waals surface area contributed by atoms with Gasteiger partial charge in [-0.1, -0.05) is 23.7 Å². The first kappa shape index (κ1) is 25.5. The minimum absolute atomic E-state index is 0.00252. The molecule has 0 aliphatic heterocycles. The van der Waals surface area contributed by atoms with Crippen LogP contribution in [0.3, 0.4) is 0 Å². The van der Waals surface area contributed by atoms with Gasteiger partial charge in [0.05, 0.1) is 24.5 Å². The number of esters is 1. The Morgan fingerprint density at radius 2 is 1.81 bits per heavy atom. The lowest BCUT2D eigenvalue weighted by Crippen LogP contribution is -2.14. The maximum atomic E-state index is 13.4. The van der Waals surface area contributed by atoms with Gasteiger partial charge in [0.2, 0.25) is 11.2 Å². The van der Waals surface area contributed by atoms with Crippen LogP contribution in [0, 0.1) is 17.0 Å². The molecule has 1 heterocycles. The van der Waals surface area contributed by atoms with Gasteiger partial charge in [-0.05, 0) is 54.5 Å². The fourth-order valence-electron chi connectivity index (χ4n) is 3.60. The van der Waals surface area contributed by atoms with Crippen LogP contribution >= 0.6 is 11.6 Å². The van der Waals surface area contributed by atoms with E-state index in [1.54, 1.807) is 37.3 Å². The molecule has 10 heteroatoms. The molecule has 188 valence electrons. The maximum Gasteiger partial charge on any atom is 0.336 e. The van der Waals surface area contributed by atoms with Crippen LogP contribution in [0.25, 0.3) is 28.4 Å². The second-order valence-corrected chi connectivity index (χ2v) is 8.27. The van der Waals surface area contributed by atoms with Crippen molar-refractivity contribution in [3.05, 3.63) is 97.2 Å². The standard InChI is InChI=1S/C27H20ClNO8/c1-15-11-22-19(14-20(15)28)25(31)27(26(36-22)17-8-9-21(34-2)23(13-17)35-3)37-24(30)10-7-16-5-4-6-18(12-16)29(32)33/h4-14H,1-3H3/b10-7-. The van der Waals surface area contributed by atoms with Gasteiger partial charge in [-0.25, -0.2) is 4.79 Å². The fraction of sp³-hybridized carbons (Fsp3) is 0.111. The van der Waals surface area contributed by atoms with Crippen molar-refractivity contribution in [2.75, 3.05) is 14.2 Å². The molecule has 37 heavy (non-hydrogen) atoms. The first-order chi connectivity index (χ1) is 17.7. The molecule has 0 aliphatic carbocycles. The number of ether oxygens (including phenoxy) is 3. The molecule has 0 saturated heterocycles. The minimum Gasteiger partial charge on any atom is -0.493 e. The SMILES string of the molecule is COc1ccc(-c2oc3cc(C)c(Cl)cc3c(=O)c2OC(=O)/C=C\c2cccc([N+](=O)[O-])c2)cc1OC. The number of nitro groups is 1. The highest BCUT2D eigenvalue weighted by molar-refractivity contribution is 6.32. The van der Waals surface area contributed by atoms with Gasteiger partial charge in [0.25, 0.3) is 5.69 Å². The van der Waals surface area contributed by atoms with Crippen LogP contribution in [0.5, 0.6) is 17.2 Å². The van der Waals surface area contributed by atoms with Gasteiger partial charge in [0.15, 0.2) is 17.3 Å². The quantitative estimate of drug-likeness (QED) is 0.126. The summed E-state index contributed by atoms with van der Waals surface area (Å²) in [4.78, 5) is 36.6. The van der Waals surface area contributed by atoms with Crippen LogP contribution in [-0.4, -0.2) is 25.1 Å². The van der Waals surface area contributed by atoms with Gasteiger partial charge in [0, 0.05) is 28.8 Å². The van der Waals surface area contributed by atoms with Crippen molar-refractivity contribution in [1.82, 2.24) is 0 Å². The highest BCUT2D eigenvalue weighted by Crippen LogP contribution is 2.37. The molecule has 0 unspecified atom stereocenters.